The minimum Gasteiger partial charge on any atom is -0.381 e. The van der Waals surface area contributed by atoms with Crippen LogP contribution in [0.25, 0.3) is 0 Å². The van der Waals surface area contributed by atoms with Crippen LogP contribution < -0.4 is 5.32 Å². The van der Waals surface area contributed by atoms with Crippen molar-refractivity contribution in [1.82, 2.24) is 5.32 Å². The summed E-state index contributed by atoms with van der Waals surface area (Å²) in [6, 6.07) is 4.81. The number of fused-ring (bicyclic) bond motifs is 1. The molecule has 86 valence electrons. The zero-order valence-electron chi connectivity index (χ0n) is 9.88. The molecular formula is C14H19NO. The molecule has 0 radical (unpaired) electrons. The van der Waals surface area contributed by atoms with E-state index in [1.165, 1.54) is 29.5 Å². The fourth-order valence-electron chi connectivity index (χ4n) is 2.94. The molecule has 1 fully saturated rings. The van der Waals surface area contributed by atoms with Crippen molar-refractivity contribution in [3.8, 4) is 0 Å². The molecule has 0 unspecified atom stereocenters. The van der Waals surface area contributed by atoms with E-state index in [-0.39, 0.29) is 0 Å². The Morgan fingerprint density at radius 1 is 1.12 bits per heavy atom. The molecule has 0 spiro atoms. The largest absolute Gasteiger partial charge is 0.381 e. The molecule has 0 saturated carbocycles. The summed E-state index contributed by atoms with van der Waals surface area (Å²) in [7, 11) is 0. The van der Waals surface area contributed by atoms with E-state index in [0.717, 1.165) is 32.2 Å². The van der Waals surface area contributed by atoms with Crippen LogP contribution in [0.3, 0.4) is 0 Å². The molecule has 2 aliphatic rings. The minimum atomic E-state index is 0.722. The van der Waals surface area contributed by atoms with Crippen molar-refractivity contribution in [2.75, 3.05) is 13.2 Å². The molecule has 3 rings (SSSR count). The van der Waals surface area contributed by atoms with Crippen molar-refractivity contribution in [1.29, 1.82) is 0 Å². The van der Waals surface area contributed by atoms with Gasteiger partial charge in [-0.05, 0) is 47.9 Å². The number of rotatable bonds is 1. The van der Waals surface area contributed by atoms with Crippen LogP contribution in [0.5, 0.6) is 0 Å². The molecule has 16 heavy (non-hydrogen) atoms. The SMILES string of the molecule is Cc1cc2c(cc1C1CCOCC1)CNC2. The monoisotopic (exact) mass is 217 g/mol. The van der Waals surface area contributed by atoms with Crippen molar-refractivity contribution in [3.63, 3.8) is 0 Å². The van der Waals surface area contributed by atoms with Crippen molar-refractivity contribution in [3.05, 3.63) is 34.4 Å². The summed E-state index contributed by atoms with van der Waals surface area (Å²) in [4.78, 5) is 0. The Kier molecular flexibility index (Phi) is 2.70. The smallest absolute Gasteiger partial charge is 0.0471 e. The van der Waals surface area contributed by atoms with Gasteiger partial charge in [0.05, 0.1) is 0 Å². The Morgan fingerprint density at radius 2 is 1.81 bits per heavy atom. The Morgan fingerprint density at radius 3 is 2.56 bits per heavy atom. The molecule has 0 amide bonds. The maximum atomic E-state index is 5.44. The lowest BCUT2D eigenvalue weighted by Crippen LogP contribution is -2.15. The average molecular weight is 217 g/mol. The molecule has 1 saturated heterocycles. The summed E-state index contributed by atoms with van der Waals surface area (Å²) in [5.74, 6) is 0.722. The highest BCUT2D eigenvalue weighted by Crippen LogP contribution is 2.32. The number of aryl methyl sites for hydroxylation is 1. The molecule has 1 aromatic rings. The Balaban J connectivity index is 1.94. The highest BCUT2D eigenvalue weighted by atomic mass is 16.5. The molecule has 0 aliphatic carbocycles. The van der Waals surface area contributed by atoms with Gasteiger partial charge in [0.2, 0.25) is 0 Å². The van der Waals surface area contributed by atoms with Gasteiger partial charge in [0.15, 0.2) is 0 Å². The Labute approximate surface area is 97.0 Å². The van der Waals surface area contributed by atoms with Gasteiger partial charge >= 0.3 is 0 Å². The third kappa shape index (κ3) is 1.76. The number of ether oxygens (including phenoxy) is 1. The van der Waals surface area contributed by atoms with Gasteiger partial charge < -0.3 is 10.1 Å². The van der Waals surface area contributed by atoms with Crippen molar-refractivity contribution in [2.24, 2.45) is 0 Å². The molecule has 0 aromatic heterocycles. The van der Waals surface area contributed by atoms with Crippen LogP contribution in [0.1, 0.15) is 41.0 Å². The fraction of sp³-hybridized carbons (Fsp3) is 0.571. The fourth-order valence-corrected chi connectivity index (χ4v) is 2.94. The average Bonchev–Trinajstić information content (AvgIpc) is 2.76. The first-order valence-corrected chi connectivity index (χ1v) is 6.25. The van der Waals surface area contributed by atoms with Gasteiger partial charge in [-0.15, -0.1) is 0 Å². The van der Waals surface area contributed by atoms with Gasteiger partial charge in [-0.25, -0.2) is 0 Å². The highest BCUT2D eigenvalue weighted by molar-refractivity contribution is 5.41. The van der Waals surface area contributed by atoms with E-state index in [4.69, 9.17) is 4.74 Å². The normalized spacial score (nSPS) is 21.1. The lowest BCUT2D eigenvalue weighted by atomic mass is 9.86. The predicted molar refractivity (Wildman–Crippen MR) is 64.5 cm³/mol. The first-order valence-electron chi connectivity index (χ1n) is 6.25. The summed E-state index contributed by atoms with van der Waals surface area (Å²) in [6.07, 6.45) is 2.38. The molecule has 1 N–H and O–H groups in total. The van der Waals surface area contributed by atoms with Gasteiger partial charge in [0.1, 0.15) is 0 Å². The Bertz CT molecular complexity index is 394. The maximum absolute atomic E-state index is 5.44. The molecule has 2 heterocycles. The number of hydrogen-bond donors (Lipinski definition) is 1. The van der Waals surface area contributed by atoms with Gasteiger partial charge in [-0.3, -0.25) is 0 Å². The molecule has 2 heteroatoms. The van der Waals surface area contributed by atoms with Gasteiger partial charge in [-0.1, -0.05) is 12.1 Å². The van der Waals surface area contributed by atoms with Crippen molar-refractivity contribution < 1.29 is 4.74 Å². The van der Waals surface area contributed by atoms with Crippen molar-refractivity contribution in [2.45, 2.75) is 38.8 Å². The quantitative estimate of drug-likeness (QED) is 0.780. The van der Waals surface area contributed by atoms with Gasteiger partial charge in [0.25, 0.3) is 0 Å². The van der Waals surface area contributed by atoms with Gasteiger partial charge in [-0.2, -0.15) is 0 Å². The minimum absolute atomic E-state index is 0.722. The van der Waals surface area contributed by atoms with Crippen LogP contribution in [0.4, 0.5) is 0 Å². The number of hydrogen-bond acceptors (Lipinski definition) is 2. The van der Waals surface area contributed by atoms with E-state index in [1.54, 1.807) is 5.56 Å². The predicted octanol–water partition coefficient (Wildman–Crippen LogP) is 2.49. The molecular weight excluding hydrogens is 198 g/mol. The van der Waals surface area contributed by atoms with E-state index in [1.807, 2.05) is 0 Å². The highest BCUT2D eigenvalue weighted by Gasteiger charge is 2.20. The summed E-state index contributed by atoms with van der Waals surface area (Å²) in [6.45, 7) is 6.21. The maximum Gasteiger partial charge on any atom is 0.0471 e. The van der Waals surface area contributed by atoms with Crippen LogP contribution in [-0.2, 0) is 17.8 Å². The van der Waals surface area contributed by atoms with Crippen LogP contribution >= 0.6 is 0 Å². The zero-order valence-corrected chi connectivity index (χ0v) is 9.88. The van der Waals surface area contributed by atoms with Crippen LogP contribution in [0.15, 0.2) is 12.1 Å². The summed E-state index contributed by atoms with van der Waals surface area (Å²) < 4.78 is 5.44. The van der Waals surface area contributed by atoms with E-state index >= 15 is 0 Å². The van der Waals surface area contributed by atoms with Crippen LogP contribution in [0.2, 0.25) is 0 Å². The van der Waals surface area contributed by atoms with E-state index in [9.17, 15) is 0 Å². The molecule has 0 bridgehead atoms. The molecule has 2 aliphatic heterocycles. The van der Waals surface area contributed by atoms with Gasteiger partial charge in [0, 0.05) is 26.3 Å². The first kappa shape index (κ1) is 10.3. The molecule has 1 aromatic carbocycles. The third-order valence-electron chi connectivity index (χ3n) is 3.88. The topological polar surface area (TPSA) is 21.3 Å². The third-order valence-corrected chi connectivity index (χ3v) is 3.88. The van der Waals surface area contributed by atoms with Crippen LogP contribution in [-0.4, -0.2) is 13.2 Å². The van der Waals surface area contributed by atoms with Crippen molar-refractivity contribution >= 4 is 0 Å². The second kappa shape index (κ2) is 4.19. The lowest BCUT2D eigenvalue weighted by Gasteiger charge is -2.24. The molecule has 2 nitrogen and oxygen atoms in total. The van der Waals surface area contributed by atoms with E-state index < -0.39 is 0 Å². The Hall–Kier alpha value is -0.860. The first-order chi connectivity index (χ1) is 7.84. The standard InChI is InChI=1S/C14H19NO/c1-10-6-12-8-15-9-13(12)7-14(10)11-2-4-16-5-3-11/h6-7,11,15H,2-5,8-9H2,1H3. The van der Waals surface area contributed by atoms with E-state index in [0.29, 0.717) is 0 Å². The summed E-state index contributed by atoms with van der Waals surface area (Å²) >= 11 is 0. The number of nitrogens with one attached hydrogen (secondary N) is 1. The number of benzene rings is 1. The van der Waals surface area contributed by atoms with Crippen LogP contribution in [0, 0.1) is 6.92 Å². The summed E-state index contributed by atoms with van der Waals surface area (Å²) in [5.41, 5.74) is 6.03. The second-order valence-corrected chi connectivity index (χ2v) is 4.97. The lowest BCUT2D eigenvalue weighted by molar-refractivity contribution is 0.0852. The zero-order chi connectivity index (χ0) is 11.0. The summed E-state index contributed by atoms with van der Waals surface area (Å²) in [5, 5.41) is 3.42. The second-order valence-electron chi connectivity index (χ2n) is 4.97. The van der Waals surface area contributed by atoms with E-state index in [2.05, 4.69) is 24.4 Å². The molecule has 0 atom stereocenters.